The molecule has 28 heavy (non-hydrogen) atoms. The third-order valence-electron chi connectivity index (χ3n) is 5.19. The number of hydrogen-bond acceptors (Lipinski definition) is 3. The first-order valence-corrected chi connectivity index (χ1v) is 9.75. The van der Waals surface area contributed by atoms with Crippen LogP contribution < -0.4 is 16.0 Å². The molecule has 3 rings (SSSR count). The van der Waals surface area contributed by atoms with Crippen molar-refractivity contribution in [3.8, 4) is 0 Å². The Morgan fingerprint density at radius 1 is 1.29 bits per heavy atom. The van der Waals surface area contributed by atoms with E-state index in [9.17, 15) is 9.59 Å². The molecule has 2 saturated heterocycles. The van der Waals surface area contributed by atoms with Crippen molar-refractivity contribution in [2.24, 2.45) is 10.4 Å². The van der Waals surface area contributed by atoms with Crippen LogP contribution in [-0.2, 0) is 4.79 Å². The van der Waals surface area contributed by atoms with Gasteiger partial charge >= 0.3 is 0 Å². The number of likely N-dealkylation sites (tertiary alicyclic amines) is 1. The van der Waals surface area contributed by atoms with Gasteiger partial charge in [-0.2, -0.15) is 0 Å². The van der Waals surface area contributed by atoms with Crippen LogP contribution in [0.3, 0.4) is 0 Å². The fraction of sp³-hybridized carbons (Fsp3) is 0.550. The van der Waals surface area contributed by atoms with E-state index in [2.05, 4.69) is 25.8 Å². The smallest absolute Gasteiger partial charge is 0.251 e. The summed E-state index contributed by atoms with van der Waals surface area (Å²) in [6, 6.07) is 9.19. The van der Waals surface area contributed by atoms with Gasteiger partial charge in [0.15, 0.2) is 5.96 Å². The predicted octanol–water partition coefficient (Wildman–Crippen LogP) is 1.60. The Hall–Kier alpha value is -1.84. The summed E-state index contributed by atoms with van der Waals surface area (Å²) < 4.78 is 0. The monoisotopic (exact) mass is 499 g/mol. The molecule has 1 aromatic rings. The molecule has 7 nitrogen and oxygen atoms in total. The van der Waals surface area contributed by atoms with E-state index in [0.717, 1.165) is 45.0 Å². The van der Waals surface area contributed by atoms with E-state index >= 15 is 0 Å². The van der Waals surface area contributed by atoms with Gasteiger partial charge in [-0.3, -0.25) is 14.6 Å². The molecule has 2 fully saturated rings. The number of piperidine rings is 1. The minimum Gasteiger partial charge on any atom is -0.357 e. The summed E-state index contributed by atoms with van der Waals surface area (Å²) in [6.45, 7) is 6.38. The van der Waals surface area contributed by atoms with Gasteiger partial charge < -0.3 is 20.9 Å². The number of nitrogens with one attached hydrogen (secondary N) is 3. The van der Waals surface area contributed by atoms with Crippen molar-refractivity contribution in [1.29, 1.82) is 0 Å². The van der Waals surface area contributed by atoms with E-state index in [-0.39, 0.29) is 41.2 Å². The fourth-order valence-electron chi connectivity index (χ4n) is 3.88. The van der Waals surface area contributed by atoms with Gasteiger partial charge in [-0.25, -0.2) is 0 Å². The van der Waals surface area contributed by atoms with Gasteiger partial charge in [-0.05, 0) is 31.9 Å². The lowest BCUT2D eigenvalue weighted by molar-refractivity contribution is -0.119. The first-order chi connectivity index (χ1) is 13.1. The highest BCUT2D eigenvalue weighted by Crippen LogP contribution is 2.35. The van der Waals surface area contributed by atoms with Gasteiger partial charge in [0.25, 0.3) is 5.91 Å². The minimum absolute atomic E-state index is 0. The molecular weight excluding hydrogens is 469 g/mol. The maximum Gasteiger partial charge on any atom is 0.251 e. The molecular formula is C20H30IN5O2. The van der Waals surface area contributed by atoms with E-state index in [1.165, 1.54) is 0 Å². The molecule has 8 heteroatoms. The largest absolute Gasteiger partial charge is 0.357 e. The molecule has 0 aliphatic carbocycles. The van der Waals surface area contributed by atoms with Crippen LogP contribution in [0.5, 0.6) is 0 Å². The molecule has 0 aromatic heterocycles. The molecule has 1 unspecified atom stereocenters. The molecule has 1 aromatic carbocycles. The van der Waals surface area contributed by atoms with Crippen LogP contribution in [0.25, 0.3) is 0 Å². The summed E-state index contributed by atoms with van der Waals surface area (Å²) >= 11 is 0. The van der Waals surface area contributed by atoms with E-state index in [1.807, 2.05) is 25.1 Å². The van der Waals surface area contributed by atoms with Crippen LogP contribution in [-0.4, -0.2) is 61.9 Å². The number of benzene rings is 1. The summed E-state index contributed by atoms with van der Waals surface area (Å²) in [7, 11) is 0. The number of rotatable bonds is 5. The Labute approximate surface area is 183 Å². The standard InChI is InChI=1S/C20H29N5O2.HI/c1-2-21-19(23-11-10-22-18(27)16-7-4-3-5-8-16)25-12-6-9-20(15-25)13-17(26)24-14-20;/h3-5,7-8H,2,6,9-15H2,1H3,(H,21,23)(H,22,27)(H,24,26);1H. The number of aliphatic imine (C=N–C) groups is 1. The summed E-state index contributed by atoms with van der Waals surface area (Å²) in [6.07, 6.45) is 2.74. The van der Waals surface area contributed by atoms with Crippen molar-refractivity contribution in [2.45, 2.75) is 26.2 Å². The first kappa shape index (κ1) is 22.4. The van der Waals surface area contributed by atoms with Gasteiger partial charge in [0.05, 0.1) is 6.54 Å². The Morgan fingerprint density at radius 2 is 2.07 bits per heavy atom. The van der Waals surface area contributed by atoms with E-state index in [0.29, 0.717) is 25.1 Å². The zero-order valence-electron chi connectivity index (χ0n) is 16.4. The first-order valence-electron chi connectivity index (χ1n) is 9.75. The lowest BCUT2D eigenvalue weighted by Gasteiger charge is -2.40. The SMILES string of the molecule is CCNC(=NCCNC(=O)c1ccccc1)N1CCCC2(CNC(=O)C2)C1.I. The second-order valence-corrected chi connectivity index (χ2v) is 7.34. The molecule has 154 valence electrons. The van der Waals surface area contributed by atoms with E-state index in [4.69, 9.17) is 0 Å². The van der Waals surface area contributed by atoms with Crippen molar-refractivity contribution in [3.63, 3.8) is 0 Å². The zero-order chi connectivity index (χ0) is 19.1. The highest BCUT2D eigenvalue weighted by molar-refractivity contribution is 14.0. The minimum atomic E-state index is -0.0803. The molecule has 0 saturated carbocycles. The molecule has 2 amide bonds. The zero-order valence-corrected chi connectivity index (χ0v) is 18.7. The Morgan fingerprint density at radius 3 is 2.75 bits per heavy atom. The summed E-state index contributed by atoms with van der Waals surface area (Å²) in [4.78, 5) is 30.7. The van der Waals surface area contributed by atoms with Gasteiger partial charge in [0.1, 0.15) is 0 Å². The number of guanidine groups is 1. The number of halogens is 1. The number of hydrogen-bond donors (Lipinski definition) is 3. The van der Waals surface area contributed by atoms with Crippen LogP contribution in [0.15, 0.2) is 35.3 Å². The van der Waals surface area contributed by atoms with Crippen LogP contribution in [0, 0.1) is 5.41 Å². The maximum atomic E-state index is 12.1. The summed E-state index contributed by atoms with van der Waals surface area (Å²) in [5.41, 5.74) is 0.692. The maximum absolute atomic E-state index is 12.1. The highest BCUT2D eigenvalue weighted by atomic mass is 127. The van der Waals surface area contributed by atoms with Gasteiger partial charge in [0.2, 0.25) is 5.91 Å². The number of amides is 2. The van der Waals surface area contributed by atoms with Crippen LogP contribution in [0.1, 0.15) is 36.5 Å². The van der Waals surface area contributed by atoms with Crippen molar-refractivity contribution in [2.75, 3.05) is 39.3 Å². The van der Waals surface area contributed by atoms with Crippen molar-refractivity contribution >= 4 is 41.8 Å². The normalized spacial score (nSPS) is 21.8. The lowest BCUT2D eigenvalue weighted by Crippen LogP contribution is -2.51. The lowest BCUT2D eigenvalue weighted by atomic mass is 9.79. The fourth-order valence-corrected chi connectivity index (χ4v) is 3.88. The number of nitrogens with zero attached hydrogens (tertiary/aromatic N) is 2. The molecule has 2 aliphatic rings. The third-order valence-corrected chi connectivity index (χ3v) is 5.19. The van der Waals surface area contributed by atoms with Gasteiger partial charge in [-0.1, -0.05) is 18.2 Å². The average molecular weight is 499 g/mol. The van der Waals surface area contributed by atoms with E-state index in [1.54, 1.807) is 12.1 Å². The molecule has 1 atom stereocenters. The number of carbonyl (C=O) groups excluding carboxylic acids is 2. The second-order valence-electron chi connectivity index (χ2n) is 7.34. The van der Waals surface area contributed by atoms with Crippen molar-refractivity contribution in [3.05, 3.63) is 35.9 Å². The van der Waals surface area contributed by atoms with Gasteiger partial charge in [-0.15, -0.1) is 24.0 Å². The summed E-state index contributed by atoms with van der Waals surface area (Å²) in [5.74, 6) is 0.940. The molecule has 3 N–H and O–H groups in total. The summed E-state index contributed by atoms with van der Waals surface area (Å²) in [5, 5.41) is 9.23. The Balaban J connectivity index is 0.00000280. The van der Waals surface area contributed by atoms with Crippen molar-refractivity contribution < 1.29 is 9.59 Å². The van der Waals surface area contributed by atoms with Crippen LogP contribution >= 0.6 is 24.0 Å². The second kappa shape index (κ2) is 10.6. The third kappa shape index (κ3) is 5.83. The van der Waals surface area contributed by atoms with Crippen LogP contribution in [0.2, 0.25) is 0 Å². The molecule has 2 aliphatic heterocycles. The Kier molecular flexibility index (Phi) is 8.53. The average Bonchev–Trinajstić information content (AvgIpc) is 3.04. The molecule has 1 spiro atoms. The number of carbonyl (C=O) groups is 2. The topological polar surface area (TPSA) is 85.8 Å². The molecule has 0 bridgehead atoms. The molecule has 0 radical (unpaired) electrons. The van der Waals surface area contributed by atoms with Crippen molar-refractivity contribution in [1.82, 2.24) is 20.9 Å². The quantitative estimate of drug-likeness (QED) is 0.249. The highest BCUT2D eigenvalue weighted by Gasteiger charge is 2.42. The van der Waals surface area contributed by atoms with Gasteiger partial charge in [0, 0.05) is 50.1 Å². The van der Waals surface area contributed by atoms with Crippen LogP contribution in [0.4, 0.5) is 0 Å². The van der Waals surface area contributed by atoms with E-state index < -0.39 is 0 Å². The predicted molar refractivity (Wildman–Crippen MR) is 121 cm³/mol. The molecule has 2 heterocycles. The Bertz CT molecular complexity index is 697.